The van der Waals surface area contributed by atoms with Crippen molar-refractivity contribution in [3.63, 3.8) is 0 Å². The fraction of sp³-hybridized carbons (Fsp3) is 0.571. The lowest BCUT2D eigenvalue weighted by Gasteiger charge is -2.29. The van der Waals surface area contributed by atoms with E-state index in [0.717, 1.165) is 14.9 Å². The zero-order valence-electron chi connectivity index (χ0n) is 10.2. The third kappa shape index (κ3) is 3.72. The molecule has 17 heavy (non-hydrogen) atoms. The highest BCUT2D eigenvalue weighted by molar-refractivity contribution is 9.11. The predicted octanol–water partition coefficient (Wildman–Crippen LogP) is 5.59. The first-order valence-electron chi connectivity index (χ1n) is 6.38. The Morgan fingerprint density at radius 2 is 1.88 bits per heavy atom. The van der Waals surface area contributed by atoms with Crippen LogP contribution in [-0.4, -0.2) is 6.04 Å². The molecule has 1 aromatic carbocycles. The van der Waals surface area contributed by atoms with Gasteiger partial charge in [-0.2, -0.15) is 0 Å². The molecule has 1 unspecified atom stereocenters. The first-order valence-corrected chi connectivity index (χ1v) is 7.97. The van der Waals surface area contributed by atoms with Gasteiger partial charge >= 0.3 is 0 Å². The lowest BCUT2D eigenvalue weighted by Crippen LogP contribution is -2.27. The molecule has 1 aliphatic rings. The van der Waals surface area contributed by atoms with Crippen LogP contribution in [0.5, 0.6) is 0 Å². The van der Waals surface area contributed by atoms with E-state index in [1.807, 2.05) is 0 Å². The number of hydrogen-bond acceptors (Lipinski definition) is 1. The quantitative estimate of drug-likeness (QED) is 0.740. The maximum Gasteiger partial charge on any atom is 0.0498 e. The van der Waals surface area contributed by atoms with Crippen molar-refractivity contribution in [3.8, 4) is 0 Å². The Bertz CT molecular complexity index is 372. The Hall–Kier alpha value is -0.0200. The second-order valence-corrected chi connectivity index (χ2v) is 6.73. The molecule has 94 valence electrons. The van der Waals surface area contributed by atoms with E-state index in [-0.39, 0.29) is 0 Å². The van der Waals surface area contributed by atoms with Crippen molar-refractivity contribution in [3.05, 3.63) is 27.1 Å². The topological polar surface area (TPSA) is 12.0 Å². The van der Waals surface area contributed by atoms with Gasteiger partial charge in [0.2, 0.25) is 0 Å². The number of rotatable bonds is 3. The van der Waals surface area contributed by atoms with Crippen LogP contribution in [0.3, 0.4) is 0 Å². The van der Waals surface area contributed by atoms with Crippen LogP contribution in [0.4, 0.5) is 5.69 Å². The molecule has 1 aliphatic carbocycles. The second-order valence-electron chi connectivity index (χ2n) is 4.96. The summed E-state index contributed by atoms with van der Waals surface area (Å²) < 4.78 is 2.27. The van der Waals surface area contributed by atoms with Crippen molar-refractivity contribution in [2.24, 2.45) is 5.92 Å². The van der Waals surface area contributed by atoms with Gasteiger partial charge in [0.05, 0.1) is 0 Å². The number of hydrogen-bond donors (Lipinski definition) is 1. The summed E-state index contributed by atoms with van der Waals surface area (Å²) in [7, 11) is 0. The lowest BCUT2D eigenvalue weighted by molar-refractivity contribution is 0.328. The van der Waals surface area contributed by atoms with Crippen LogP contribution in [0, 0.1) is 5.92 Å². The molecule has 0 aliphatic heterocycles. The third-order valence-corrected chi connectivity index (χ3v) is 4.85. The van der Waals surface area contributed by atoms with E-state index in [0.29, 0.717) is 6.04 Å². The summed E-state index contributed by atoms with van der Waals surface area (Å²) in [5.41, 5.74) is 1.19. The van der Waals surface area contributed by atoms with Gasteiger partial charge in [0, 0.05) is 20.7 Å². The Morgan fingerprint density at radius 3 is 2.59 bits per heavy atom. The van der Waals surface area contributed by atoms with Gasteiger partial charge < -0.3 is 5.32 Å². The normalized spacial score (nSPS) is 19.0. The molecule has 0 spiro atoms. The number of benzene rings is 1. The highest BCUT2D eigenvalue weighted by Gasteiger charge is 2.20. The van der Waals surface area contributed by atoms with E-state index in [9.17, 15) is 0 Å². The monoisotopic (exact) mass is 359 g/mol. The summed E-state index contributed by atoms with van der Waals surface area (Å²) >= 11 is 7.12. The molecule has 1 saturated carbocycles. The zero-order chi connectivity index (χ0) is 12.3. The summed E-state index contributed by atoms with van der Waals surface area (Å²) in [6.45, 7) is 2.31. The number of nitrogens with one attached hydrogen (secondary N) is 1. The first kappa shape index (κ1) is 13.4. The second kappa shape index (κ2) is 6.24. The Labute approximate surface area is 121 Å². The van der Waals surface area contributed by atoms with Gasteiger partial charge in [0.25, 0.3) is 0 Å². The van der Waals surface area contributed by atoms with Crippen LogP contribution in [-0.2, 0) is 0 Å². The highest BCUT2D eigenvalue weighted by atomic mass is 79.9. The van der Waals surface area contributed by atoms with Crippen LogP contribution in [0.2, 0.25) is 0 Å². The van der Waals surface area contributed by atoms with Gasteiger partial charge in [0.1, 0.15) is 0 Å². The average Bonchev–Trinajstić information content (AvgIpc) is 2.35. The smallest absolute Gasteiger partial charge is 0.0498 e. The Morgan fingerprint density at radius 1 is 1.18 bits per heavy atom. The molecule has 1 nitrogen and oxygen atoms in total. The molecule has 0 amide bonds. The predicted molar refractivity (Wildman–Crippen MR) is 81.5 cm³/mol. The fourth-order valence-electron chi connectivity index (χ4n) is 2.61. The van der Waals surface area contributed by atoms with Crippen LogP contribution in [0.25, 0.3) is 0 Å². The SMILES string of the molecule is CC(Nc1cc(Br)ccc1Br)C1CCCCC1. The molecular weight excluding hydrogens is 342 g/mol. The van der Waals surface area contributed by atoms with Crippen LogP contribution in [0.1, 0.15) is 39.0 Å². The first-order chi connectivity index (χ1) is 8.16. The van der Waals surface area contributed by atoms with Gasteiger partial charge in [-0.25, -0.2) is 0 Å². The van der Waals surface area contributed by atoms with Gasteiger partial charge in [-0.15, -0.1) is 0 Å². The minimum atomic E-state index is 0.556. The van der Waals surface area contributed by atoms with Crippen LogP contribution >= 0.6 is 31.9 Å². The molecule has 3 heteroatoms. The van der Waals surface area contributed by atoms with Crippen molar-refractivity contribution in [2.45, 2.75) is 45.1 Å². The summed E-state index contributed by atoms with van der Waals surface area (Å²) in [4.78, 5) is 0. The van der Waals surface area contributed by atoms with Crippen LogP contribution < -0.4 is 5.32 Å². The van der Waals surface area contributed by atoms with E-state index >= 15 is 0 Å². The fourth-order valence-corrected chi connectivity index (χ4v) is 3.33. The number of anilines is 1. The van der Waals surface area contributed by atoms with Crippen molar-refractivity contribution in [1.29, 1.82) is 0 Å². The molecule has 0 saturated heterocycles. The maximum atomic E-state index is 3.64. The number of halogens is 2. The molecule has 0 aromatic heterocycles. The largest absolute Gasteiger partial charge is 0.381 e. The van der Waals surface area contributed by atoms with Crippen molar-refractivity contribution in [2.75, 3.05) is 5.32 Å². The van der Waals surface area contributed by atoms with Gasteiger partial charge in [-0.1, -0.05) is 35.2 Å². The van der Waals surface area contributed by atoms with Crippen molar-refractivity contribution in [1.82, 2.24) is 0 Å². The van der Waals surface area contributed by atoms with E-state index in [4.69, 9.17) is 0 Å². The third-order valence-electron chi connectivity index (χ3n) is 3.67. The van der Waals surface area contributed by atoms with E-state index in [2.05, 4.69) is 62.3 Å². The molecule has 1 fully saturated rings. The van der Waals surface area contributed by atoms with E-state index in [1.54, 1.807) is 0 Å². The van der Waals surface area contributed by atoms with E-state index in [1.165, 1.54) is 37.8 Å². The minimum Gasteiger partial charge on any atom is -0.381 e. The summed E-state index contributed by atoms with van der Waals surface area (Å²) in [6, 6.07) is 6.84. The Balaban J connectivity index is 2.01. The van der Waals surface area contributed by atoms with E-state index < -0.39 is 0 Å². The standard InChI is InChI=1S/C14H19Br2N/c1-10(11-5-3-2-4-6-11)17-14-9-12(15)7-8-13(14)16/h7-11,17H,2-6H2,1H3. The Kier molecular flexibility index (Phi) is 4.92. The molecule has 0 radical (unpaired) electrons. The molecular formula is C14H19Br2N. The van der Waals surface area contributed by atoms with Crippen LogP contribution in [0.15, 0.2) is 27.1 Å². The highest BCUT2D eigenvalue weighted by Crippen LogP contribution is 2.31. The average molecular weight is 361 g/mol. The molecule has 0 heterocycles. The molecule has 2 rings (SSSR count). The van der Waals surface area contributed by atoms with Gasteiger partial charge in [0.15, 0.2) is 0 Å². The van der Waals surface area contributed by atoms with Crippen molar-refractivity contribution < 1.29 is 0 Å². The summed E-state index contributed by atoms with van der Waals surface area (Å²) in [6.07, 6.45) is 6.97. The van der Waals surface area contributed by atoms with Gasteiger partial charge in [-0.05, 0) is 59.8 Å². The molecule has 0 bridgehead atoms. The maximum absolute atomic E-state index is 3.64. The minimum absolute atomic E-state index is 0.556. The van der Waals surface area contributed by atoms with Crippen molar-refractivity contribution >= 4 is 37.5 Å². The summed E-state index contributed by atoms with van der Waals surface area (Å²) in [5.74, 6) is 0.828. The summed E-state index contributed by atoms with van der Waals surface area (Å²) in [5, 5.41) is 3.64. The zero-order valence-corrected chi connectivity index (χ0v) is 13.4. The molecule has 1 aromatic rings. The lowest BCUT2D eigenvalue weighted by atomic mass is 9.84. The molecule has 1 atom stereocenters. The molecule has 1 N–H and O–H groups in total. The van der Waals surface area contributed by atoms with Gasteiger partial charge in [-0.3, -0.25) is 0 Å².